The molecule has 1 fully saturated rings. The summed E-state index contributed by atoms with van der Waals surface area (Å²) >= 11 is 0. The van der Waals surface area contributed by atoms with Crippen molar-refractivity contribution in [3.05, 3.63) is 30.1 Å². The molecule has 4 rings (SSSR count). The number of amides is 2. The maximum atomic E-state index is 12.5. The highest BCUT2D eigenvalue weighted by Crippen LogP contribution is 2.30. The van der Waals surface area contributed by atoms with Crippen molar-refractivity contribution in [3.8, 4) is 0 Å². The number of hydrogen-bond donors (Lipinski definition) is 3. The Hall–Kier alpha value is -3.23. The van der Waals surface area contributed by atoms with Gasteiger partial charge in [-0.25, -0.2) is 0 Å². The van der Waals surface area contributed by atoms with Crippen molar-refractivity contribution >= 4 is 34.5 Å². The van der Waals surface area contributed by atoms with Gasteiger partial charge in [-0.15, -0.1) is 5.10 Å². The number of aromatic nitrogens is 5. The van der Waals surface area contributed by atoms with Gasteiger partial charge in [-0.2, -0.15) is 10.1 Å². The average molecular weight is 353 g/mol. The Morgan fingerprint density at radius 1 is 1.27 bits per heavy atom. The Morgan fingerprint density at radius 3 is 2.85 bits per heavy atom. The van der Waals surface area contributed by atoms with Gasteiger partial charge in [0, 0.05) is 24.3 Å². The summed E-state index contributed by atoms with van der Waals surface area (Å²) in [5.41, 5.74) is 0.852. The summed E-state index contributed by atoms with van der Waals surface area (Å²) in [4.78, 5) is 30.7. The van der Waals surface area contributed by atoms with E-state index in [2.05, 4.69) is 30.7 Å². The Balaban J connectivity index is 1.49. The van der Waals surface area contributed by atoms with Crippen LogP contribution in [0.3, 0.4) is 0 Å². The summed E-state index contributed by atoms with van der Waals surface area (Å²) in [6.07, 6.45) is 0.133. The summed E-state index contributed by atoms with van der Waals surface area (Å²) in [5, 5.41) is 17.5. The van der Waals surface area contributed by atoms with Crippen LogP contribution in [0.4, 0.5) is 11.8 Å². The second-order valence-electron chi connectivity index (χ2n) is 6.69. The van der Waals surface area contributed by atoms with Crippen LogP contribution in [0.5, 0.6) is 0 Å². The molecule has 0 saturated carbocycles. The van der Waals surface area contributed by atoms with Gasteiger partial charge < -0.3 is 0 Å². The number of benzene rings is 1. The van der Waals surface area contributed by atoms with Crippen LogP contribution in [0, 0.1) is 5.92 Å². The van der Waals surface area contributed by atoms with Crippen molar-refractivity contribution in [1.82, 2.24) is 25.4 Å². The van der Waals surface area contributed by atoms with E-state index in [9.17, 15) is 9.59 Å². The summed E-state index contributed by atoms with van der Waals surface area (Å²) < 4.78 is 0. The molecule has 1 aromatic carbocycles. The molecule has 1 aliphatic rings. The first-order chi connectivity index (χ1) is 12.5. The average Bonchev–Trinajstić information content (AvgIpc) is 3.32. The Morgan fingerprint density at radius 2 is 2.08 bits per heavy atom. The van der Waals surface area contributed by atoms with Crippen molar-refractivity contribution in [2.75, 3.05) is 16.8 Å². The lowest BCUT2D eigenvalue weighted by atomic mass is 10.1. The summed E-state index contributed by atoms with van der Waals surface area (Å²) in [5.74, 6) is 0.807. The fourth-order valence-corrected chi connectivity index (χ4v) is 3.04. The quantitative estimate of drug-likeness (QED) is 0.660. The number of hydrogen-bond acceptors (Lipinski definition) is 5. The van der Waals surface area contributed by atoms with E-state index < -0.39 is 5.92 Å². The first kappa shape index (κ1) is 16.2. The molecule has 3 heterocycles. The van der Waals surface area contributed by atoms with Gasteiger partial charge >= 0.3 is 0 Å². The van der Waals surface area contributed by atoms with E-state index in [1.807, 2.05) is 38.1 Å². The van der Waals surface area contributed by atoms with Crippen molar-refractivity contribution in [2.24, 2.45) is 5.92 Å². The van der Waals surface area contributed by atoms with Gasteiger partial charge in [0.2, 0.25) is 17.8 Å². The number of carbonyl (C=O) groups excluding carboxylic acids is 2. The second-order valence-corrected chi connectivity index (χ2v) is 6.69. The molecule has 3 aromatic rings. The van der Waals surface area contributed by atoms with Crippen LogP contribution in [-0.2, 0) is 9.59 Å². The predicted octanol–water partition coefficient (Wildman–Crippen LogP) is 1.80. The van der Waals surface area contributed by atoms with Crippen LogP contribution in [0.1, 0.15) is 32.0 Å². The number of para-hydroxylation sites is 1. The smallest absolute Gasteiger partial charge is 0.248 e. The molecular weight excluding hydrogens is 334 g/mol. The fraction of sp³-hybridized carbons (Fsp3) is 0.353. The molecule has 1 atom stereocenters. The molecule has 0 aliphatic carbocycles. The molecule has 3 N–H and O–H groups in total. The maximum Gasteiger partial charge on any atom is 0.248 e. The van der Waals surface area contributed by atoms with E-state index in [0.29, 0.717) is 11.6 Å². The number of nitrogens with one attached hydrogen (secondary N) is 3. The third-order valence-corrected chi connectivity index (χ3v) is 4.49. The summed E-state index contributed by atoms with van der Waals surface area (Å²) in [6.45, 7) is 4.24. The molecule has 9 nitrogen and oxygen atoms in total. The number of rotatable bonds is 4. The van der Waals surface area contributed by atoms with Gasteiger partial charge in [0.25, 0.3) is 0 Å². The molecule has 9 heteroatoms. The highest BCUT2D eigenvalue weighted by Gasteiger charge is 2.37. The monoisotopic (exact) mass is 353 g/mol. The van der Waals surface area contributed by atoms with Crippen LogP contribution in [0.25, 0.3) is 10.9 Å². The highest BCUT2D eigenvalue weighted by molar-refractivity contribution is 6.06. The number of nitrogens with zero attached hydrogens (tertiary/aromatic N) is 4. The predicted molar refractivity (Wildman–Crippen MR) is 95.7 cm³/mol. The van der Waals surface area contributed by atoms with Crippen molar-refractivity contribution in [1.29, 1.82) is 0 Å². The lowest BCUT2D eigenvalue weighted by molar-refractivity contribution is -0.122. The van der Waals surface area contributed by atoms with Gasteiger partial charge in [0.15, 0.2) is 5.82 Å². The van der Waals surface area contributed by atoms with Gasteiger partial charge in [0.1, 0.15) is 5.82 Å². The van der Waals surface area contributed by atoms with E-state index in [1.54, 1.807) is 4.90 Å². The molecule has 2 aromatic heterocycles. The van der Waals surface area contributed by atoms with Gasteiger partial charge in [0.05, 0.1) is 11.4 Å². The number of fused-ring (bicyclic) bond motifs is 1. The van der Waals surface area contributed by atoms with Gasteiger partial charge in [-0.05, 0) is 12.1 Å². The van der Waals surface area contributed by atoms with Crippen molar-refractivity contribution in [2.45, 2.75) is 26.2 Å². The molecule has 134 valence electrons. The largest absolute Gasteiger partial charge is 0.294 e. The van der Waals surface area contributed by atoms with Crippen LogP contribution in [-0.4, -0.2) is 43.7 Å². The van der Waals surface area contributed by atoms with Crippen LogP contribution < -0.4 is 10.2 Å². The Bertz CT molecular complexity index is 974. The number of carbonyl (C=O) groups is 2. The fourth-order valence-electron chi connectivity index (χ4n) is 3.04. The zero-order valence-corrected chi connectivity index (χ0v) is 14.5. The van der Waals surface area contributed by atoms with Crippen molar-refractivity contribution < 1.29 is 9.59 Å². The Labute approximate surface area is 149 Å². The molecule has 26 heavy (non-hydrogen) atoms. The third-order valence-electron chi connectivity index (χ3n) is 4.49. The highest BCUT2D eigenvalue weighted by atomic mass is 16.2. The second kappa shape index (κ2) is 6.25. The zero-order chi connectivity index (χ0) is 18.3. The lowest BCUT2D eigenvalue weighted by Gasteiger charge is -2.13. The van der Waals surface area contributed by atoms with Gasteiger partial charge in [-0.3, -0.25) is 30.0 Å². The summed E-state index contributed by atoms with van der Waals surface area (Å²) in [6, 6.07) is 7.58. The van der Waals surface area contributed by atoms with E-state index >= 15 is 0 Å². The van der Waals surface area contributed by atoms with E-state index in [-0.39, 0.29) is 36.6 Å². The first-order valence-corrected chi connectivity index (χ1v) is 8.49. The Kier molecular flexibility index (Phi) is 3.90. The van der Waals surface area contributed by atoms with E-state index in [1.165, 1.54) is 0 Å². The normalized spacial score (nSPS) is 17.4. The maximum absolute atomic E-state index is 12.5. The summed E-state index contributed by atoms with van der Waals surface area (Å²) in [7, 11) is 0. The number of aromatic amines is 2. The van der Waals surface area contributed by atoms with Crippen LogP contribution in [0.15, 0.2) is 24.3 Å². The molecule has 0 radical (unpaired) electrons. The molecule has 1 saturated heterocycles. The lowest BCUT2D eigenvalue weighted by Crippen LogP contribution is -2.28. The van der Waals surface area contributed by atoms with Crippen molar-refractivity contribution in [3.63, 3.8) is 0 Å². The molecule has 0 spiro atoms. The van der Waals surface area contributed by atoms with E-state index in [0.717, 1.165) is 10.9 Å². The van der Waals surface area contributed by atoms with Gasteiger partial charge in [-0.1, -0.05) is 26.0 Å². The minimum absolute atomic E-state index is 0.125. The molecule has 1 aliphatic heterocycles. The van der Waals surface area contributed by atoms with Crippen LogP contribution in [0.2, 0.25) is 0 Å². The van der Waals surface area contributed by atoms with E-state index in [4.69, 9.17) is 0 Å². The topological polar surface area (TPSA) is 120 Å². The molecular formula is C17H19N7O2. The molecule has 0 bridgehead atoms. The zero-order valence-electron chi connectivity index (χ0n) is 14.5. The van der Waals surface area contributed by atoms with Crippen LogP contribution >= 0.6 is 0 Å². The third kappa shape index (κ3) is 2.81. The minimum Gasteiger partial charge on any atom is -0.294 e. The first-order valence-electron chi connectivity index (χ1n) is 8.49. The number of H-pyrrole nitrogens is 2. The molecule has 0 unspecified atom stereocenters. The standard InChI is InChI=1S/C17H19N7O2/c1-9(2)14-18-17(23-21-14)19-16(26)10-7-13(25)24(8-10)15-11-5-3-4-6-12(11)20-22-15/h3-6,9-10H,7-8H2,1-2H3,(H,20,22)(H2,18,19,21,23,26)/t10-/m0/s1. The minimum atomic E-state index is -0.473. The SMILES string of the molecule is CC(C)c1nc(NC(=O)[C@H]2CC(=O)N(c3n[nH]c4ccccc34)C2)n[nH]1. The number of anilines is 2. The molecule has 2 amide bonds.